The molecule has 1 N–H and O–H groups in total. The number of likely N-dealkylation sites (tertiary alicyclic amines) is 1. The minimum absolute atomic E-state index is 0.126. The minimum atomic E-state index is -0.303. The van der Waals surface area contributed by atoms with Gasteiger partial charge in [-0.05, 0) is 49.7 Å². The molecular weight excluding hydrogens is 399 g/mol. The van der Waals surface area contributed by atoms with Crippen LogP contribution in [0.1, 0.15) is 18.5 Å². The summed E-state index contributed by atoms with van der Waals surface area (Å²) in [6.07, 6.45) is 3.33. The van der Waals surface area contributed by atoms with E-state index in [0.29, 0.717) is 33.6 Å². The number of rotatable bonds is 4. The molecule has 1 unspecified atom stereocenters. The van der Waals surface area contributed by atoms with E-state index < -0.39 is 0 Å². The van der Waals surface area contributed by atoms with Gasteiger partial charge in [0, 0.05) is 23.8 Å². The molecule has 0 aliphatic carbocycles. The number of hydrogen-bond donors (Lipinski definition) is 1. The Labute approximate surface area is 171 Å². The molecule has 8 heteroatoms. The van der Waals surface area contributed by atoms with Gasteiger partial charge in [-0.2, -0.15) is 0 Å². The molecule has 2 aromatic heterocycles. The Kier molecular flexibility index (Phi) is 5.35. The average Bonchev–Trinajstić information content (AvgIpc) is 3.12. The van der Waals surface area contributed by atoms with Crippen molar-refractivity contribution in [3.05, 3.63) is 74.8 Å². The first-order chi connectivity index (χ1) is 13.5. The molecule has 4 rings (SSSR count). The van der Waals surface area contributed by atoms with Crippen LogP contribution in [0.25, 0.3) is 5.65 Å². The van der Waals surface area contributed by atoms with Crippen molar-refractivity contribution < 1.29 is 4.79 Å². The molecule has 0 radical (unpaired) electrons. The van der Waals surface area contributed by atoms with Gasteiger partial charge in [-0.15, -0.1) is 0 Å². The van der Waals surface area contributed by atoms with Crippen molar-refractivity contribution >= 4 is 40.4 Å². The number of carbonyl (C=O) groups excluding carboxylic acids is 1. The molecule has 144 valence electrons. The normalized spacial score (nSPS) is 17.1. The van der Waals surface area contributed by atoms with Crippen molar-refractivity contribution in [2.45, 2.75) is 25.4 Å². The van der Waals surface area contributed by atoms with Gasteiger partial charge >= 0.3 is 0 Å². The largest absolute Gasteiger partial charge is 0.323 e. The molecule has 6 nitrogen and oxygen atoms in total. The van der Waals surface area contributed by atoms with Gasteiger partial charge in [0.25, 0.3) is 5.56 Å². The monoisotopic (exact) mass is 416 g/mol. The summed E-state index contributed by atoms with van der Waals surface area (Å²) in [6.45, 7) is 1.20. The highest BCUT2D eigenvalue weighted by Crippen LogP contribution is 2.27. The van der Waals surface area contributed by atoms with Gasteiger partial charge in [-0.25, -0.2) is 4.98 Å². The molecule has 0 saturated carbocycles. The molecule has 1 aliphatic rings. The van der Waals surface area contributed by atoms with Crippen molar-refractivity contribution in [1.29, 1.82) is 0 Å². The van der Waals surface area contributed by atoms with Crippen LogP contribution in [-0.2, 0) is 11.3 Å². The van der Waals surface area contributed by atoms with E-state index in [-0.39, 0.29) is 17.5 Å². The maximum absolute atomic E-state index is 12.8. The number of pyridine rings is 1. The highest BCUT2D eigenvalue weighted by atomic mass is 35.5. The van der Waals surface area contributed by atoms with E-state index in [1.54, 1.807) is 36.5 Å². The van der Waals surface area contributed by atoms with Gasteiger partial charge in [-0.3, -0.25) is 18.9 Å². The standard InChI is InChI=1S/C20H18Cl2N4O2/c21-13-6-7-16(15(22)10-13)24-20(28)17-4-3-8-25(17)12-14-11-19(27)26-9-2-1-5-18(26)23-14/h1-2,5-7,9-11,17H,3-4,8,12H2,(H,24,28). The number of carbonyl (C=O) groups is 1. The number of fused-ring (bicyclic) bond motifs is 1. The van der Waals surface area contributed by atoms with E-state index in [2.05, 4.69) is 10.3 Å². The Morgan fingerprint density at radius 1 is 1.21 bits per heavy atom. The van der Waals surface area contributed by atoms with Crippen LogP contribution in [0.2, 0.25) is 10.0 Å². The summed E-state index contributed by atoms with van der Waals surface area (Å²) in [5, 5.41) is 3.79. The van der Waals surface area contributed by atoms with Crippen LogP contribution in [0, 0.1) is 0 Å². The summed E-state index contributed by atoms with van der Waals surface area (Å²) < 4.78 is 1.50. The molecule has 1 amide bonds. The number of benzene rings is 1. The molecular formula is C20H18Cl2N4O2. The van der Waals surface area contributed by atoms with Crippen molar-refractivity contribution in [3.8, 4) is 0 Å². The molecule has 3 heterocycles. The molecule has 0 bridgehead atoms. The SMILES string of the molecule is O=C(Nc1ccc(Cl)cc1Cl)C1CCCN1Cc1cc(=O)n2ccccc2n1. The zero-order valence-corrected chi connectivity index (χ0v) is 16.5. The van der Waals surface area contributed by atoms with Gasteiger partial charge in [0.15, 0.2) is 0 Å². The number of amides is 1. The van der Waals surface area contributed by atoms with Crippen molar-refractivity contribution in [3.63, 3.8) is 0 Å². The molecule has 0 spiro atoms. The number of aromatic nitrogens is 2. The second-order valence-electron chi connectivity index (χ2n) is 6.76. The van der Waals surface area contributed by atoms with Crippen molar-refractivity contribution in [2.75, 3.05) is 11.9 Å². The number of nitrogens with zero attached hydrogens (tertiary/aromatic N) is 3. The lowest BCUT2D eigenvalue weighted by atomic mass is 10.2. The Bertz CT molecular complexity index is 1100. The van der Waals surface area contributed by atoms with Crippen LogP contribution < -0.4 is 10.9 Å². The van der Waals surface area contributed by atoms with Crippen LogP contribution in [0.5, 0.6) is 0 Å². The third kappa shape index (κ3) is 3.90. The predicted octanol–water partition coefficient (Wildman–Crippen LogP) is 3.60. The summed E-state index contributed by atoms with van der Waals surface area (Å²) in [7, 11) is 0. The van der Waals surface area contributed by atoms with E-state index >= 15 is 0 Å². The highest BCUT2D eigenvalue weighted by Gasteiger charge is 2.31. The first-order valence-corrected chi connectivity index (χ1v) is 9.74. The number of anilines is 1. The third-order valence-corrected chi connectivity index (χ3v) is 5.39. The molecule has 1 fully saturated rings. The topological polar surface area (TPSA) is 66.7 Å². The van der Waals surface area contributed by atoms with Crippen molar-refractivity contribution in [1.82, 2.24) is 14.3 Å². The number of hydrogen-bond acceptors (Lipinski definition) is 4. The van der Waals surface area contributed by atoms with Crippen LogP contribution in [0.4, 0.5) is 5.69 Å². The van der Waals surface area contributed by atoms with E-state index in [9.17, 15) is 9.59 Å². The van der Waals surface area contributed by atoms with E-state index in [1.807, 2.05) is 11.0 Å². The maximum atomic E-state index is 12.8. The average molecular weight is 417 g/mol. The summed E-state index contributed by atoms with van der Waals surface area (Å²) in [5.74, 6) is -0.126. The molecule has 1 aromatic carbocycles. The first-order valence-electron chi connectivity index (χ1n) is 8.98. The molecule has 1 aliphatic heterocycles. The fraction of sp³-hybridized carbons (Fsp3) is 0.250. The van der Waals surface area contributed by atoms with Gasteiger partial charge in [0.2, 0.25) is 5.91 Å². The van der Waals surface area contributed by atoms with E-state index in [4.69, 9.17) is 23.2 Å². The Balaban J connectivity index is 1.52. The lowest BCUT2D eigenvalue weighted by molar-refractivity contribution is -0.120. The first kappa shape index (κ1) is 18.9. The fourth-order valence-corrected chi connectivity index (χ4v) is 3.97. The van der Waals surface area contributed by atoms with E-state index in [0.717, 1.165) is 19.4 Å². The van der Waals surface area contributed by atoms with E-state index in [1.165, 1.54) is 10.5 Å². The van der Waals surface area contributed by atoms with Gasteiger partial charge in [0.05, 0.1) is 22.4 Å². The second kappa shape index (κ2) is 7.91. The highest BCUT2D eigenvalue weighted by molar-refractivity contribution is 6.36. The summed E-state index contributed by atoms with van der Waals surface area (Å²) in [6, 6.07) is 11.6. The molecule has 28 heavy (non-hydrogen) atoms. The lowest BCUT2D eigenvalue weighted by Crippen LogP contribution is -2.39. The van der Waals surface area contributed by atoms with Crippen LogP contribution >= 0.6 is 23.2 Å². The molecule has 3 aromatic rings. The van der Waals surface area contributed by atoms with Crippen molar-refractivity contribution in [2.24, 2.45) is 0 Å². The maximum Gasteiger partial charge on any atom is 0.258 e. The van der Waals surface area contributed by atoms with Gasteiger partial charge < -0.3 is 5.32 Å². The summed E-state index contributed by atoms with van der Waals surface area (Å²) in [5.41, 5.74) is 1.65. The van der Waals surface area contributed by atoms with Crippen LogP contribution in [0.15, 0.2) is 53.5 Å². The van der Waals surface area contributed by atoms with Gasteiger partial charge in [-0.1, -0.05) is 29.3 Å². The molecule has 1 atom stereocenters. The molecule has 1 saturated heterocycles. The Morgan fingerprint density at radius 3 is 2.89 bits per heavy atom. The number of halogens is 2. The predicted molar refractivity (Wildman–Crippen MR) is 110 cm³/mol. The smallest absolute Gasteiger partial charge is 0.258 e. The summed E-state index contributed by atoms with van der Waals surface area (Å²) in [4.78, 5) is 31.7. The minimum Gasteiger partial charge on any atom is -0.323 e. The third-order valence-electron chi connectivity index (χ3n) is 4.84. The van der Waals surface area contributed by atoms with Crippen LogP contribution in [0.3, 0.4) is 0 Å². The fourth-order valence-electron chi connectivity index (χ4n) is 3.51. The summed E-state index contributed by atoms with van der Waals surface area (Å²) >= 11 is 12.1. The quantitative estimate of drug-likeness (QED) is 0.705. The number of nitrogens with one attached hydrogen (secondary N) is 1. The lowest BCUT2D eigenvalue weighted by Gasteiger charge is -2.23. The Hall–Kier alpha value is -2.41. The Morgan fingerprint density at radius 2 is 2.07 bits per heavy atom. The van der Waals surface area contributed by atoms with Crippen LogP contribution in [-0.4, -0.2) is 32.8 Å². The zero-order valence-electron chi connectivity index (χ0n) is 14.9. The zero-order chi connectivity index (χ0) is 19.7. The second-order valence-corrected chi connectivity index (χ2v) is 7.60. The van der Waals surface area contributed by atoms with Gasteiger partial charge in [0.1, 0.15) is 5.65 Å².